The van der Waals surface area contributed by atoms with Gasteiger partial charge in [0.05, 0.1) is 0 Å². The third kappa shape index (κ3) is 4.44. The van der Waals surface area contributed by atoms with Gasteiger partial charge in [-0.2, -0.15) is 0 Å². The highest BCUT2D eigenvalue weighted by molar-refractivity contribution is 7.24. The second-order valence-corrected chi connectivity index (χ2v) is 12.6. The maximum Gasteiger partial charge on any atom is 0.196 e. The second-order valence-electron chi connectivity index (χ2n) is 11.5. The summed E-state index contributed by atoms with van der Waals surface area (Å²) in [6.45, 7) is 13.4. The molecular weight excluding hydrogens is 444 g/mol. The van der Waals surface area contributed by atoms with Crippen LogP contribution >= 0.6 is 11.3 Å². The maximum atomic E-state index is 13.7. The monoisotopic (exact) mass is 476 g/mol. The Labute approximate surface area is 212 Å². The van der Waals surface area contributed by atoms with Crippen molar-refractivity contribution in [2.75, 3.05) is 0 Å². The van der Waals surface area contributed by atoms with Gasteiger partial charge in [-0.1, -0.05) is 102 Å². The minimum absolute atomic E-state index is 0.0826. The van der Waals surface area contributed by atoms with Crippen LogP contribution in [0.4, 0.5) is 0 Å². The lowest BCUT2D eigenvalue weighted by Crippen LogP contribution is -2.10. The van der Waals surface area contributed by atoms with Gasteiger partial charge in [-0.25, -0.2) is 0 Å². The third-order valence-electron chi connectivity index (χ3n) is 6.83. The zero-order valence-corrected chi connectivity index (χ0v) is 22.2. The van der Waals surface area contributed by atoms with Crippen LogP contribution in [0.3, 0.4) is 0 Å². The molecule has 35 heavy (non-hydrogen) atoms. The summed E-state index contributed by atoms with van der Waals surface area (Å²) < 4.78 is 2.06. The van der Waals surface area contributed by atoms with Crippen LogP contribution in [-0.2, 0) is 10.8 Å². The molecule has 0 fully saturated rings. The Kier molecular flexibility index (Phi) is 5.68. The van der Waals surface area contributed by atoms with Crippen LogP contribution in [-0.4, -0.2) is 0 Å². The van der Waals surface area contributed by atoms with Crippen molar-refractivity contribution in [1.29, 1.82) is 0 Å². The lowest BCUT2D eigenvalue weighted by molar-refractivity contribution is 0.590. The van der Waals surface area contributed by atoms with E-state index in [0.717, 1.165) is 36.9 Å². The molecule has 176 valence electrons. The van der Waals surface area contributed by atoms with Crippen molar-refractivity contribution in [3.8, 4) is 22.3 Å². The molecule has 0 saturated heterocycles. The predicted octanol–water partition coefficient (Wildman–Crippen LogP) is 9.34. The van der Waals surface area contributed by atoms with Crippen molar-refractivity contribution in [2.45, 2.75) is 52.4 Å². The van der Waals surface area contributed by atoms with Crippen LogP contribution in [0.1, 0.15) is 52.7 Å². The minimum Gasteiger partial charge on any atom is -0.288 e. The highest BCUT2D eigenvalue weighted by atomic mass is 32.1. The first kappa shape index (κ1) is 23.5. The van der Waals surface area contributed by atoms with E-state index in [4.69, 9.17) is 0 Å². The summed E-state index contributed by atoms with van der Waals surface area (Å²) in [5.74, 6) is 0. The van der Waals surface area contributed by atoms with Gasteiger partial charge in [0.15, 0.2) is 5.43 Å². The van der Waals surface area contributed by atoms with Gasteiger partial charge in [0.1, 0.15) is 0 Å². The van der Waals surface area contributed by atoms with Gasteiger partial charge in [0, 0.05) is 20.2 Å². The van der Waals surface area contributed by atoms with Gasteiger partial charge >= 0.3 is 0 Å². The molecule has 0 aliphatic carbocycles. The average molecular weight is 477 g/mol. The van der Waals surface area contributed by atoms with Crippen molar-refractivity contribution in [3.05, 3.63) is 106 Å². The molecule has 2 heteroatoms. The highest BCUT2D eigenvalue weighted by Gasteiger charge is 2.18. The fourth-order valence-corrected chi connectivity index (χ4v) is 5.78. The number of benzene rings is 4. The molecule has 0 aliphatic rings. The first-order valence-corrected chi connectivity index (χ1v) is 13.1. The molecule has 0 unspecified atom stereocenters. The molecule has 5 rings (SSSR count). The maximum absolute atomic E-state index is 13.7. The van der Waals surface area contributed by atoms with E-state index in [1.165, 1.54) is 16.7 Å². The Bertz CT molecular complexity index is 1590. The zero-order valence-electron chi connectivity index (χ0n) is 21.4. The normalized spacial score (nSPS) is 12.4. The molecule has 0 radical (unpaired) electrons. The predicted molar refractivity (Wildman–Crippen MR) is 154 cm³/mol. The van der Waals surface area contributed by atoms with Gasteiger partial charge in [-0.05, 0) is 68.5 Å². The van der Waals surface area contributed by atoms with Crippen LogP contribution in [0.2, 0.25) is 0 Å². The van der Waals surface area contributed by atoms with E-state index in [9.17, 15) is 4.79 Å². The second kappa shape index (κ2) is 8.46. The summed E-state index contributed by atoms with van der Waals surface area (Å²) in [6, 6.07) is 29.9. The number of fused-ring (bicyclic) bond motifs is 2. The molecule has 0 spiro atoms. The van der Waals surface area contributed by atoms with E-state index in [1.807, 2.05) is 24.3 Å². The summed E-state index contributed by atoms with van der Waals surface area (Å²) >= 11 is 1.70. The van der Waals surface area contributed by atoms with Gasteiger partial charge in [0.25, 0.3) is 0 Å². The van der Waals surface area contributed by atoms with Crippen molar-refractivity contribution >= 4 is 31.5 Å². The van der Waals surface area contributed by atoms with Crippen LogP contribution in [0.15, 0.2) is 89.7 Å². The molecule has 0 aliphatic heterocycles. The molecule has 1 aromatic heterocycles. The smallest absolute Gasteiger partial charge is 0.196 e. The molecule has 0 saturated carbocycles. The molecule has 4 aromatic carbocycles. The van der Waals surface area contributed by atoms with E-state index < -0.39 is 0 Å². The van der Waals surface area contributed by atoms with Crippen molar-refractivity contribution in [3.63, 3.8) is 0 Å². The number of hydrogen-bond acceptors (Lipinski definition) is 2. The van der Waals surface area contributed by atoms with Crippen LogP contribution in [0, 0.1) is 0 Å². The summed E-state index contributed by atoms with van der Waals surface area (Å²) in [4.78, 5) is 13.7. The molecule has 0 N–H and O–H groups in total. The summed E-state index contributed by atoms with van der Waals surface area (Å²) in [5.41, 5.74) is 7.30. The van der Waals surface area contributed by atoms with Crippen LogP contribution in [0.25, 0.3) is 42.4 Å². The number of hydrogen-bond donors (Lipinski definition) is 0. The summed E-state index contributed by atoms with van der Waals surface area (Å²) in [7, 11) is 0. The van der Waals surface area contributed by atoms with Crippen LogP contribution < -0.4 is 5.43 Å². The average Bonchev–Trinajstić information content (AvgIpc) is 2.82. The Morgan fingerprint density at radius 3 is 1.69 bits per heavy atom. The fraction of sp³-hybridized carbons (Fsp3) is 0.242. The molecule has 0 amide bonds. The van der Waals surface area contributed by atoms with E-state index in [1.54, 1.807) is 11.3 Å². The minimum atomic E-state index is 0.0826. The Morgan fingerprint density at radius 1 is 0.571 bits per heavy atom. The van der Waals surface area contributed by atoms with Crippen molar-refractivity contribution in [2.24, 2.45) is 0 Å². The Balaban J connectivity index is 1.78. The summed E-state index contributed by atoms with van der Waals surface area (Å²) in [5, 5.41) is 1.60. The fourth-order valence-electron chi connectivity index (χ4n) is 4.63. The van der Waals surface area contributed by atoms with E-state index in [-0.39, 0.29) is 16.3 Å². The standard InChI is InChI=1S/C33H32OS/c1-32(2,3)24-15-11-21(12-16-24)23-19-27(22-13-17-25(18-14-22)33(4,5)6)30-29(20-23)35-28-10-8-7-9-26(28)31(30)34/h7-20H,1-6H3. The first-order valence-electron chi connectivity index (χ1n) is 12.2. The number of rotatable bonds is 2. The topological polar surface area (TPSA) is 17.1 Å². The summed E-state index contributed by atoms with van der Waals surface area (Å²) in [6.07, 6.45) is 0. The van der Waals surface area contributed by atoms with Gasteiger partial charge in [0.2, 0.25) is 0 Å². The van der Waals surface area contributed by atoms with Crippen molar-refractivity contribution in [1.82, 2.24) is 0 Å². The van der Waals surface area contributed by atoms with Gasteiger partial charge < -0.3 is 0 Å². The lowest BCUT2D eigenvalue weighted by Gasteiger charge is -2.20. The van der Waals surface area contributed by atoms with E-state index >= 15 is 0 Å². The highest BCUT2D eigenvalue weighted by Crippen LogP contribution is 2.37. The molecule has 0 atom stereocenters. The Hall–Kier alpha value is -3.23. The molecule has 5 aromatic rings. The van der Waals surface area contributed by atoms with Gasteiger partial charge in [-0.15, -0.1) is 11.3 Å². The SMILES string of the molecule is CC(C)(C)c1ccc(-c2cc(-c3ccc(C(C)(C)C)cc3)c3c(=O)c4ccccc4sc3c2)cc1. The quantitative estimate of drug-likeness (QED) is 0.232. The molecule has 1 nitrogen and oxygen atoms in total. The van der Waals surface area contributed by atoms with E-state index in [0.29, 0.717) is 0 Å². The van der Waals surface area contributed by atoms with Crippen LogP contribution in [0.5, 0.6) is 0 Å². The Morgan fingerprint density at radius 2 is 1.11 bits per heavy atom. The first-order chi connectivity index (χ1) is 16.5. The largest absolute Gasteiger partial charge is 0.288 e. The zero-order chi connectivity index (χ0) is 25.0. The van der Waals surface area contributed by atoms with Crippen molar-refractivity contribution < 1.29 is 0 Å². The molecule has 1 heterocycles. The molecular formula is C33H32OS. The third-order valence-corrected chi connectivity index (χ3v) is 7.94. The lowest BCUT2D eigenvalue weighted by atomic mass is 9.85. The van der Waals surface area contributed by atoms with Gasteiger partial charge in [-0.3, -0.25) is 4.79 Å². The van der Waals surface area contributed by atoms with E-state index in [2.05, 4.69) is 102 Å². The molecule has 0 bridgehead atoms.